The Morgan fingerprint density at radius 3 is 2.19 bits per heavy atom. The number of rotatable bonds is 1. The standard InChI is InChI=1S/C14H15N2O2.C2H5.Y/c1-7-8(2)10(4)13-12(9(7)3)5-11(6-16-13)14(17)18-15;1-2;/h6H,15H2,1-4H3;1H2,2H3;/q2*-1;+3. The molecule has 2 rings (SSSR count). The molecule has 0 amide bonds. The molecule has 2 N–H and O–H groups in total. The summed E-state index contributed by atoms with van der Waals surface area (Å²) in [6.07, 6.45) is 1.44. The molecule has 0 aliphatic heterocycles. The molecule has 2 aromatic rings. The SMILES string of the molecule is Cc1c(C)c(C)c2ncc(C(=O)ON)[c-]c2c1C.[CH2-]C.[Y+3]. The van der Waals surface area contributed by atoms with E-state index in [-0.39, 0.29) is 38.3 Å². The molecule has 108 valence electrons. The van der Waals surface area contributed by atoms with Crippen LogP contribution in [0.2, 0.25) is 0 Å². The van der Waals surface area contributed by atoms with Gasteiger partial charge in [-0.1, -0.05) is 29.0 Å². The molecule has 21 heavy (non-hydrogen) atoms. The van der Waals surface area contributed by atoms with Crippen molar-refractivity contribution in [2.24, 2.45) is 5.90 Å². The third kappa shape index (κ3) is 3.88. The van der Waals surface area contributed by atoms with Crippen LogP contribution in [-0.4, -0.2) is 11.0 Å². The molecule has 1 aromatic heterocycles. The monoisotopic (exact) mass is 361 g/mol. The summed E-state index contributed by atoms with van der Waals surface area (Å²) in [6.45, 7) is 13.1. The smallest absolute Gasteiger partial charge is 0.406 e. The van der Waals surface area contributed by atoms with Crippen molar-refractivity contribution in [1.82, 2.24) is 4.98 Å². The average Bonchev–Trinajstić information content (AvgIpc) is 2.51. The minimum atomic E-state index is -0.625. The van der Waals surface area contributed by atoms with Gasteiger partial charge >= 0.3 is 32.7 Å². The van der Waals surface area contributed by atoms with Gasteiger partial charge in [0, 0.05) is 0 Å². The van der Waals surface area contributed by atoms with Crippen LogP contribution in [0.15, 0.2) is 6.20 Å². The van der Waals surface area contributed by atoms with E-state index in [1.807, 2.05) is 13.8 Å². The molecule has 0 saturated heterocycles. The number of pyridine rings is 1. The molecule has 4 nitrogen and oxygen atoms in total. The summed E-state index contributed by atoms with van der Waals surface area (Å²) in [7, 11) is 0. The van der Waals surface area contributed by atoms with Gasteiger partial charge < -0.3 is 16.7 Å². The van der Waals surface area contributed by atoms with E-state index >= 15 is 0 Å². The Hall–Kier alpha value is -0.836. The van der Waals surface area contributed by atoms with Crippen LogP contribution in [0, 0.1) is 40.7 Å². The molecule has 0 aliphatic rings. The fourth-order valence-corrected chi connectivity index (χ4v) is 2.07. The largest absolute Gasteiger partial charge is 3.00 e. The predicted molar refractivity (Wildman–Crippen MR) is 80.2 cm³/mol. The Morgan fingerprint density at radius 2 is 1.67 bits per heavy atom. The minimum Gasteiger partial charge on any atom is -0.406 e. The zero-order valence-corrected chi connectivity index (χ0v) is 16.0. The summed E-state index contributed by atoms with van der Waals surface area (Å²) >= 11 is 0. The molecule has 0 radical (unpaired) electrons. The number of carbonyl (C=O) groups excluding carboxylic acids is 1. The van der Waals surface area contributed by atoms with Gasteiger partial charge in [0.25, 0.3) is 5.97 Å². The predicted octanol–water partition coefficient (Wildman–Crippen LogP) is 3.14. The number of nitrogens with two attached hydrogens (primary N) is 1. The Balaban J connectivity index is 0.00000128. The minimum absolute atomic E-state index is 0. The Bertz CT molecular complexity index is 655. The van der Waals surface area contributed by atoms with E-state index in [2.05, 4.69) is 36.7 Å². The van der Waals surface area contributed by atoms with Gasteiger partial charge in [-0.15, -0.1) is 11.6 Å². The zero-order valence-electron chi connectivity index (χ0n) is 13.2. The van der Waals surface area contributed by atoms with Crippen LogP contribution >= 0.6 is 0 Å². The number of hydrogen-bond donors (Lipinski definition) is 1. The third-order valence-electron chi connectivity index (χ3n) is 3.56. The molecule has 1 aromatic carbocycles. The molecular weight excluding hydrogens is 341 g/mol. The van der Waals surface area contributed by atoms with Crippen molar-refractivity contribution in [2.75, 3.05) is 0 Å². The second-order valence-corrected chi connectivity index (χ2v) is 4.43. The van der Waals surface area contributed by atoms with Crippen LogP contribution in [0.4, 0.5) is 0 Å². The number of benzene rings is 1. The van der Waals surface area contributed by atoms with Crippen molar-refractivity contribution >= 4 is 16.9 Å². The molecule has 0 saturated carbocycles. The van der Waals surface area contributed by atoms with E-state index in [4.69, 9.17) is 5.90 Å². The summed E-state index contributed by atoms with van der Waals surface area (Å²) in [6, 6.07) is 3.04. The van der Waals surface area contributed by atoms with E-state index in [1.54, 1.807) is 6.92 Å². The van der Waals surface area contributed by atoms with Crippen molar-refractivity contribution in [3.05, 3.63) is 47.0 Å². The molecule has 1 heterocycles. The number of aryl methyl sites for hydroxylation is 2. The fourth-order valence-electron chi connectivity index (χ4n) is 2.07. The Morgan fingerprint density at radius 1 is 1.14 bits per heavy atom. The molecule has 0 fully saturated rings. The van der Waals surface area contributed by atoms with Gasteiger partial charge in [0.05, 0.1) is 0 Å². The first-order valence-electron chi connectivity index (χ1n) is 6.37. The summed E-state index contributed by atoms with van der Waals surface area (Å²) in [4.78, 5) is 19.9. The Labute approximate surface area is 151 Å². The van der Waals surface area contributed by atoms with Gasteiger partial charge in [-0.2, -0.15) is 12.8 Å². The van der Waals surface area contributed by atoms with Gasteiger partial charge in [0.2, 0.25) is 0 Å². The molecule has 0 unspecified atom stereocenters. The number of hydrogen-bond acceptors (Lipinski definition) is 4. The number of nitrogens with zero attached hydrogens (tertiary/aromatic N) is 1. The van der Waals surface area contributed by atoms with Crippen LogP contribution in [0.5, 0.6) is 0 Å². The summed E-state index contributed by atoms with van der Waals surface area (Å²) < 4.78 is 0. The molecular formula is C16H20N2O2Y+. The molecule has 0 bridgehead atoms. The molecule has 0 aliphatic carbocycles. The summed E-state index contributed by atoms with van der Waals surface area (Å²) in [5.41, 5.74) is 5.70. The maximum Gasteiger partial charge on any atom is 3.00 e. The fraction of sp³-hybridized carbons (Fsp3) is 0.312. The van der Waals surface area contributed by atoms with Crippen LogP contribution in [0.3, 0.4) is 0 Å². The van der Waals surface area contributed by atoms with E-state index in [1.165, 1.54) is 17.3 Å². The Kier molecular flexibility index (Phi) is 8.23. The molecule has 0 spiro atoms. The maximum absolute atomic E-state index is 11.4. The van der Waals surface area contributed by atoms with Crippen LogP contribution in [-0.2, 0) is 37.5 Å². The van der Waals surface area contributed by atoms with Gasteiger partial charge in [-0.05, 0) is 38.0 Å². The molecule has 5 heteroatoms. The van der Waals surface area contributed by atoms with E-state index < -0.39 is 5.97 Å². The molecule has 0 atom stereocenters. The summed E-state index contributed by atoms with van der Waals surface area (Å²) in [5.74, 6) is 4.25. The number of aromatic nitrogens is 1. The second-order valence-electron chi connectivity index (χ2n) is 4.43. The third-order valence-corrected chi connectivity index (χ3v) is 3.56. The van der Waals surface area contributed by atoms with Crippen molar-refractivity contribution < 1.29 is 42.3 Å². The topological polar surface area (TPSA) is 65.2 Å². The maximum atomic E-state index is 11.4. The van der Waals surface area contributed by atoms with Crippen molar-refractivity contribution in [3.8, 4) is 0 Å². The quantitative estimate of drug-likeness (QED) is 0.626. The van der Waals surface area contributed by atoms with Gasteiger partial charge in [-0.3, -0.25) is 4.79 Å². The van der Waals surface area contributed by atoms with Crippen LogP contribution in [0.1, 0.15) is 39.5 Å². The van der Waals surface area contributed by atoms with E-state index in [9.17, 15) is 4.79 Å². The second kappa shape index (κ2) is 8.57. The first-order valence-corrected chi connectivity index (χ1v) is 6.37. The van der Waals surface area contributed by atoms with E-state index in [0.717, 1.165) is 22.0 Å². The van der Waals surface area contributed by atoms with Gasteiger partial charge in [-0.25, -0.2) is 0 Å². The average molecular weight is 361 g/mol. The number of carbonyl (C=O) groups is 1. The first-order chi connectivity index (χ1) is 9.47. The van der Waals surface area contributed by atoms with Crippen molar-refractivity contribution in [3.63, 3.8) is 0 Å². The van der Waals surface area contributed by atoms with Gasteiger partial charge in [0.15, 0.2) is 0 Å². The van der Waals surface area contributed by atoms with E-state index in [0.29, 0.717) is 0 Å². The number of fused-ring (bicyclic) bond motifs is 1. The summed E-state index contributed by atoms with van der Waals surface area (Å²) in [5, 5.41) is 0.846. The van der Waals surface area contributed by atoms with Crippen molar-refractivity contribution in [2.45, 2.75) is 34.6 Å². The van der Waals surface area contributed by atoms with Crippen LogP contribution < -0.4 is 5.90 Å². The van der Waals surface area contributed by atoms with Gasteiger partial charge in [0.1, 0.15) is 0 Å². The van der Waals surface area contributed by atoms with Crippen molar-refractivity contribution in [1.29, 1.82) is 0 Å². The van der Waals surface area contributed by atoms with Crippen LogP contribution in [0.25, 0.3) is 10.9 Å². The zero-order chi connectivity index (χ0) is 15.4. The first kappa shape index (κ1) is 20.2. The normalized spacial score (nSPS) is 9.48.